The first-order valence-electron chi connectivity index (χ1n) is 9.28. The van der Waals surface area contributed by atoms with Crippen LogP contribution in [0.4, 0.5) is 0 Å². The first-order valence-corrected chi connectivity index (χ1v) is 9.66. The number of hydrogen-bond donors (Lipinski definition) is 0. The second-order valence-corrected chi connectivity index (χ2v) is 7.84. The molecule has 0 spiro atoms. The van der Waals surface area contributed by atoms with Crippen molar-refractivity contribution in [3.05, 3.63) is 81.9 Å². The second kappa shape index (κ2) is 8.14. The highest BCUT2D eigenvalue weighted by Gasteiger charge is 2.26. The molecule has 0 heterocycles. The van der Waals surface area contributed by atoms with Gasteiger partial charge in [0.1, 0.15) is 6.61 Å². The molecular weight excluding hydrogens is 356 g/mol. The van der Waals surface area contributed by atoms with Gasteiger partial charge >= 0.3 is 5.97 Å². The van der Waals surface area contributed by atoms with Gasteiger partial charge in [0.05, 0.1) is 5.92 Å². The van der Waals surface area contributed by atoms with E-state index in [0.717, 1.165) is 16.7 Å². The van der Waals surface area contributed by atoms with Crippen molar-refractivity contribution in [2.75, 3.05) is 0 Å². The molecule has 0 N–H and O–H groups in total. The van der Waals surface area contributed by atoms with Crippen LogP contribution in [0.25, 0.3) is 10.8 Å². The Labute approximate surface area is 166 Å². The molecule has 1 atom stereocenters. The summed E-state index contributed by atoms with van der Waals surface area (Å²) in [6.45, 7) is 8.53. The molecule has 0 amide bonds. The van der Waals surface area contributed by atoms with Crippen LogP contribution in [0, 0.1) is 19.8 Å². The van der Waals surface area contributed by atoms with Gasteiger partial charge in [0.25, 0.3) is 0 Å². The summed E-state index contributed by atoms with van der Waals surface area (Å²) in [5.41, 5.74) is 4.34. The zero-order valence-corrected chi connectivity index (χ0v) is 17.0. The standard InChI is InChI=1S/C24H25ClO2/c1-15(2)23(18-9-11-20(25)12-10-18)24(26)27-14-22-16(3)13-19-7-5-6-8-21(19)17(22)4/h5-13,15,23H,14H2,1-4H3. The molecule has 0 aromatic heterocycles. The predicted octanol–water partition coefficient (Wildman–Crippen LogP) is 6.59. The Bertz CT molecular complexity index is 958. The molecule has 3 aromatic carbocycles. The Morgan fingerprint density at radius 3 is 2.37 bits per heavy atom. The van der Waals surface area contributed by atoms with Crippen LogP contribution >= 0.6 is 11.6 Å². The van der Waals surface area contributed by atoms with Crippen LogP contribution in [0.1, 0.15) is 42.0 Å². The fourth-order valence-electron chi connectivity index (χ4n) is 3.66. The Balaban J connectivity index is 1.83. The highest BCUT2D eigenvalue weighted by atomic mass is 35.5. The van der Waals surface area contributed by atoms with E-state index in [0.29, 0.717) is 5.02 Å². The third-order valence-electron chi connectivity index (χ3n) is 5.17. The minimum absolute atomic E-state index is 0.137. The summed E-state index contributed by atoms with van der Waals surface area (Å²) in [7, 11) is 0. The van der Waals surface area contributed by atoms with Gasteiger partial charge in [-0.05, 0) is 64.9 Å². The first-order chi connectivity index (χ1) is 12.9. The number of carbonyl (C=O) groups excluding carboxylic acids is 1. The zero-order chi connectivity index (χ0) is 19.6. The van der Waals surface area contributed by atoms with Crippen LogP contribution in [0.2, 0.25) is 5.02 Å². The van der Waals surface area contributed by atoms with Gasteiger partial charge in [0.2, 0.25) is 0 Å². The van der Waals surface area contributed by atoms with Gasteiger partial charge in [-0.25, -0.2) is 0 Å². The molecule has 3 rings (SSSR count). The van der Waals surface area contributed by atoms with E-state index in [9.17, 15) is 4.79 Å². The molecule has 0 aliphatic carbocycles. The van der Waals surface area contributed by atoms with Gasteiger partial charge < -0.3 is 4.74 Å². The monoisotopic (exact) mass is 380 g/mol. The molecule has 0 bridgehead atoms. The van der Waals surface area contributed by atoms with Crippen molar-refractivity contribution in [3.8, 4) is 0 Å². The highest BCUT2D eigenvalue weighted by Crippen LogP contribution is 2.29. The number of aryl methyl sites for hydroxylation is 2. The van der Waals surface area contributed by atoms with E-state index in [1.165, 1.54) is 16.3 Å². The molecular formula is C24H25ClO2. The average molecular weight is 381 g/mol. The maximum absolute atomic E-state index is 12.9. The lowest BCUT2D eigenvalue weighted by atomic mass is 9.88. The van der Waals surface area contributed by atoms with Gasteiger partial charge in [-0.3, -0.25) is 4.79 Å². The fourth-order valence-corrected chi connectivity index (χ4v) is 3.79. The van der Waals surface area contributed by atoms with Crippen LogP contribution in [-0.4, -0.2) is 5.97 Å². The van der Waals surface area contributed by atoms with Crippen LogP contribution in [0.3, 0.4) is 0 Å². The van der Waals surface area contributed by atoms with Gasteiger partial charge in [-0.1, -0.05) is 67.9 Å². The van der Waals surface area contributed by atoms with Crippen LogP contribution in [-0.2, 0) is 16.1 Å². The zero-order valence-electron chi connectivity index (χ0n) is 16.3. The number of rotatable bonds is 5. The lowest BCUT2D eigenvalue weighted by Gasteiger charge is -2.21. The quantitative estimate of drug-likeness (QED) is 0.466. The van der Waals surface area contributed by atoms with Crippen molar-refractivity contribution in [1.82, 2.24) is 0 Å². The minimum Gasteiger partial charge on any atom is -0.460 e. The summed E-state index contributed by atoms with van der Waals surface area (Å²) in [6.07, 6.45) is 0. The predicted molar refractivity (Wildman–Crippen MR) is 112 cm³/mol. The Morgan fingerprint density at radius 1 is 1.04 bits per heavy atom. The first kappa shape index (κ1) is 19.4. The molecule has 3 heteroatoms. The molecule has 0 saturated carbocycles. The van der Waals surface area contributed by atoms with E-state index in [1.54, 1.807) is 0 Å². The second-order valence-electron chi connectivity index (χ2n) is 7.40. The highest BCUT2D eigenvalue weighted by molar-refractivity contribution is 6.30. The fraction of sp³-hybridized carbons (Fsp3) is 0.292. The summed E-state index contributed by atoms with van der Waals surface area (Å²) in [5.74, 6) is -0.361. The Hall–Kier alpha value is -2.32. The van der Waals surface area contributed by atoms with Crippen LogP contribution in [0.5, 0.6) is 0 Å². The SMILES string of the molecule is Cc1cc2ccccc2c(C)c1COC(=O)C(c1ccc(Cl)cc1)C(C)C. The number of fused-ring (bicyclic) bond motifs is 1. The van der Waals surface area contributed by atoms with Gasteiger partial charge in [0, 0.05) is 5.02 Å². The average Bonchev–Trinajstić information content (AvgIpc) is 2.63. The molecule has 0 saturated heterocycles. The third kappa shape index (κ3) is 4.17. The van der Waals surface area contributed by atoms with Crippen molar-refractivity contribution >= 4 is 28.3 Å². The summed E-state index contributed by atoms with van der Waals surface area (Å²) < 4.78 is 5.77. The smallest absolute Gasteiger partial charge is 0.314 e. The van der Waals surface area contributed by atoms with Crippen molar-refractivity contribution in [1.29, 1.82) is 0 Å². The normalized spacial score (nSPS) is 12.4. The van der Waals surface area contributed by atoms with E-state index in [4.69, 9.17) is 16.3 Å². The van der Waals surface area contributed by atoms with Crippen LogP contribution < -0.4 is 0 Å². The molecule has 140 valence electrons. The lowest BCUT2D eigenvalue weighted by molar-refractivity contribution is -0.148. The van der Waals surface area contributed by atoms with E-state index in [1.807, 2.05) is 50.2 Å². The van der Waals surface area contributed by atoms with Crippen LogP contribution in [0.15, 0.2) is 54.6 Å². The van der Waals surface area contributed by atoms with Crippen molar-refractivity contribution in [3.63, 3.8) is 0 Å². The minimum atomic E-state index is -0.302. The molecule has 1 unspecified atom stereocenters. The molecule has 3 aromatic rings. The lowest BCUT2D eigenvalue weighted by Crippen LogP contribution is -2.21. The summed E-state index contributed by atoms with van der Waals surface area (Å²) in [5, 5.41) is 3.08. The third-order valence-corrected chi connectivity index (χ3v) is 5.43. The number of halogens is 1. The van der Waals surface area contributed by atoms with Crippen molar-refractivity contribution < 1.29 is 9.53 Å². The van der Waals surface area contributed by atoms with E-state index in [2.05, 4.69) is 32.0 Å². The number of ether oxygens (including phenoxy) is 1. The van der Waals surface area contributed by atoms with Gasteiger partial charge in [-0.2, -0.15) is 0 Å². The number of esters is 1. The maximum atomic E-state index is 12.9. The molecule has 0 aliphatic rings. The van der Waals surface area contributed by atoms with E-state index < -0.39 is 0 Å². The van der Waals surface area contributed by atoms with E-state index >= 15 is 0 Å². The molecule has 0 fully saturated rings. The largest absolute Gasteiger partial charge is 0.460 e. The van der Waals surface area contributed by atoms with Gasteiger partial charge in [0.15, 0.2) is 0 Å². The number of carbonyl (C=O) groups is 1. The topological polar surface area (TPSA) is 26.3 Å². The van der Waals surface area contributed by atoms with Gasteiger partial charge in [-0.15, -0.1) is 0 Å². The molecule has 0 aliphatic heterocycles. The molecule has 2 nitrogen and oxygen atoms in total. The Kier molecular flexibility index (Phi) is 5.86. The van der Waals surface area contributed by atoms with Crippen molar-refractivity contribution in [2.45, 2.75) is 40.2 Å². The summed E-state index contributed by atoms with van der Waals surface area (Å²) >= 11 is 5.98. The van der Waals surface area contributed by atoms with Crippen molar-refractivity contribution in [2.24, 2.45) is 5.92 Å². The number of benzene rings is 3. The molecule has 0 radical (unpaired) electrons. The number of hydrogen-bond acceptors (Lipinski definition) is 2. The van der Waals surface area contributed by atoms with E-state index in [-0.39, 0.29) is 24.4 Å². The Morgan fingerprint density at radius 2 is 1.70 bits per heavy atom. The molecule has 27 heavy (non-hydrogen) atoms. The summed E-state index contributed by atoms with van der Waals surface area (Å²) in [4.78, 5) is 12.9. The summed E-state index contributed by atoms with van der Waals surface area (Å²) in [6, 6.07) is 17.9. The maximum Gasteiger partial charge on any atom is 0.314 e.